The lowest BCUT2D eigenvalue weighted by atomic mass is 10.2. The molecule has 1 aromatic carbocycles. The minimum atomic E-state index is -0.219. The maximum absolute atomic E-state index is 13.7. The molecule has 1 saturated heterocycles. The maximum atomic E-state index is 13.7. The topological polar surface area (TPSA) is 69.8 Å². The van der Waals surface area contributed by atoms with Crippen molar-refractivity contribution in [1.29, 1.82) is 0 Å². The van der Waals surface area contributed by atoms with Crippen molar-refractivity contribution in [3.8, 4) is 0 Å². The van der Waals surface area contributed by atoms with Crippen molar-refractivity contribution < 1.29 is 8.91 Å². The number of aryl methyl sites for hydroxylation is 1. The molecule has 0 saturated carbocycles. The highest BCUT2D eigenvalue weighted by atomic mass is 127. The van der Waals surface area contributed by atoms with Gasteiger partial charge in [-0.05, 0) is 47.5 Å². The van der Waals surface area contributed by atoms with Crippen molar-refractivity contribution in [2.24, 2.45) is 4.99 Å². The van der Waals surface area contributed by atoms with Gasteiger partial charge in [0, 0.05) is 39.3 Å². The molecule has 0 amide bonds. The van der Waals surface area contributed by atoms with E-state index in [0.717, 1.165) is 50.8 Å². The van der Waals surface area contributed by atoms with Crippen LogP contribution in [0, 0.1) is 12.7 Å². The summed E-state index contributed by atoms with van der Waals surface area (Å²) in [7, 11) is 0. The number of hydrogen-bond acceptors (Lipinski definition) is 5. The minimum absolute atomic E-state index is 0. The second-order valence-corrected chi connectivity index (χ2v) is 7.27. The monoisotopic (exact) mass is 566 g/mol. The van der Waals surface area contributed by atoms with Gasteiger partial charge in [0.2, 0.25) is 5.89 Å². The molecule has 0 radical (unpaired) electrons. The normalized spacial score (nSPS) is 15.4. The van der Waals surface area contributed by atoms with Crippen LogP contribution in [0.4, 0.5) is 4.39 Å². The van der Waals surface area contributed by atoms with E-state index in [1.165, 1.54) is 0 Å². The average molecular weight is 567 g/mol. The van der Waals surface area contributed by atoms with E-state index in [1.807, 2.05) is 13.0 Å². The fourth-order valence-electron chi connectivity index (χ4n) is 2.99. The predicted octanol–water partition coefficient (Wildman–Crippen LogP) is 3.18. The molecule has 1 aliphatic heterocycles. The molecule has 28 heavy (non-hydrogen) atoms. The molecular weight excluding hydrogens is 542 g/mol. The molecular formula is C18H25BrFIN6O. The number of aliphatic imine (C=N–C) groups is 1. The van der Waals surface area contributed by atoms with Gasteiger partial charge in [0.1, 0.15) is 12.4 Å². The third-order valence-corrected chi connectivity index (χ3v) is 4.97. The molecule has 10 heteroatoms. The lowest BCUT2D eigenvalue weighted by molar-refractivity contribution is 0.172. The Balaban J connectivity index is 0.00000280. The molecule has 0 aliphatic carbocycles. The summed E-state index contributed by atoms with van der Waals surface area (Å²) < 4.78 is 19.3. The van der Waals surface area contributed by atoms with Gasteiger partial charge in [-0.15, -0.1) is 24.0 Å². The van der Waals surface area contributed by atoms with Gasteiger partial charge in [-0.25, -0.2) is 9.38 Å². The maximum Gasteiger partial charge on any atom is 0.248 e. The second kappa shape index (κ2) is 11.1. The van der Waals surface area contributed by atoms with Crippen molar-refractivity contribution in [3.05, 3.63) is 45.8 Å². The number of guanidine groups is 1. The van der Waals surface area contributed by atoms with Gasteiger partial charge in [-0.3, -0.25) is 4.90 Å². The van der Waals surface area contributed by atoms with Crippen LogP contribution in [0.1, 0.15) is 24.2 Å². The van der Waals surface area contributed by atoms with Crippen LogP contribution in [-0.2, 0) is 13.1 Å². The van der Waals surface area contributed by atoms with Crippen LogP contribution in [0.5, 0.6) is 0 Å². The highest BCUT2D eigenvalue weighted by molar-refractivity contribution is 14.0. The third kappa shape index (κ3) is 6.38. The molecule has 3 rings (SSSR count). The second-order valence-electron chi connectivity index (χ2n) is 6.42. The van der Waals surface area contributed by atoms with Gasteiger partial charge >= 0.3 is 0 Å². The Labute approximate surface area is 189 Å². The lowest BCUT2D eigenvalue weighted by Gasteiger charge is -2.36. The average Bonchev–Trinajstić information content (AvgIpc) is 3.08. The number of hydrogen-bond donors (Lipinski definition) is 1. The standard InChI is InChI=1S/C18H24BrFN6O.HI/c1-3-21-18(22-11-17-23-13(2)24-27-17)26-8-6-25(7-9-26)12-14-4-5-15(19)16(20)10-14;/h4-5,10H,3,6-9,11-12H2,1-2H3,(H,21,22);1H. The van der Waals surface area contributed by atoms with E-state index < -0.39 is 0 Å². The van der Waals surface area contributed by atoms with Gasteiger partial charge in [-0.2, -0.15) is 4.98 Å². The van der Waals surface area contributed by atoms with Crippen molar-refractivity contribution in [2.45, 2.75) is 26.9 Å². The quantitative estimate of drug-likeness (QED) is 0.341. The molecule has 0 spiro atoms. The zero-order valence-corrected chi connectivity index (χ0v) is 19.9. The Hall–Kier alpha value is -1.27. The molecule has 1 N–H and O–H groups in total. The van der Waals surface area contributed by atoms with Crippen LogP contribution in [0.2, 0.25) is 0 Å². The van der Waals surface area contributed by atoms with Gasteiger partial charge in [-0.1, -0.05) is 11.2 Å². The molecule has 2 heterocycles. The highest BCUT2D eigenvalue weighted by Crippen LogP contribution is 2.18. The summed E-state index contributed by atoms with van der Waals surface area (Å²) >= 11 is 3.20. The van der Waals surface area contributed by atoms with Crippen molar-refractivity contribution in [3.63, 3.8) is 0 Å². The number of aromatic nitrogens is 2. The highest BCUT2D eigenvalue weighted by Gasteiger charge is 2.20. The molecule has 0 atom stereocenters. The molecule has 0 unspecified atom stereocenters. The smallest absolute Gasteiger partial charge is 0.248 e. The Kier molecular flexibility index (Phi) is 9.09. The molecule has 1 fully saturated rings. The summed E-state index contributed by atoms with van der Waals surface area (Å²) in [6, 6.07) is 5.31. The van der Waals surface area contributed by atoms with Crippen LogP contribution in [0.15, 0.2) is 32.2 Å². The van der Waals surface area contributed by atoms with Gasteiger partial charge in [0.25, 0.3) is 0 Å². The van der Waals surface area contributed by atoms with Crippen LogP contribution >= 0.6 is 39.9 Å². The van der Waals surface area contributed by atoms with Gasteiger partial charge in [0.15, 0.2) is 11.8 Å². The Morgan fingerprint density at radius 3 is 2.68 bits per heavy atom. The first-order chi connectivity index (χ1) is 13.0. The predicted molar refractivity (Wildman–Crippen MR) is 120 cm³/mol. The van der Waals surface area contributed by atoms with E-state index in [4.69, 9.17) is 4.52 Å². The third-order valence-electron chi connectivity index (χ3n) is 4.33. The van der Waals surface area contributed by atoms with Crippen LogP contribution in [0.3, 0.4) is 0 Å². The summed E-state index contributed by atoms with van der Waals surface area (Å²) in [5, 5.41) is 7.11. The summed E-state index contributed by atoms with van der Waals surface area (Å²) in [5.74, 6) is 1.76. The van der Waals surface area contributed by atoms with E-state index in [2.05, 4.69) is 46.2 Å². The summed E-state index contributed by atoms with van der Waals surface area (Å²) in [6.07, 6.45) is 0. The summed E-state index contributed by atoms with van der Waals surface area (Å²) in [4.78, 5) is 13.4. The Bertz CT molecular complexity index is 794. The Morgan fingerprint density at radius 2 is 2.07 bits per heavy atom. The zero-order chi connectivity index (χ0) is 19.2. The van der Waals surface area contributed by atoms with E-state index in [0.29, 0.717) is 22.7 Å². The first-order valence-corrected chi connectivity index (χ1v) is 9.83. The van der Waals surface area contributed by atoms with Crippen LogP contribution < -0.4 is 5.32 Å². The lowest BCUT2D eigenvalue weighted by Crippen LogP contribution is -2.52. The van der Waals surface area contributed by atoms with E-state index >= 15 is 0 Å². The minimum Gasteiger partial charge on any atom is -0.357 e. The fraction of sp³-hybridized carbons (Fsp3) is 0.500. The van der Waals surface area contributed by atoms with Crippen LogP contribution in [-0.4, -0.2) is 58.6 Å². The van der Waals surface area contributed by atoms with Crippen molar-refractivity contribution in [1.82, 2.24) is 25.3 Å². The Morgan fingerprint density at radius 1 is 1.32 bits per heavy atom. The number of nitrogens with one attached hydrogen (secondary N) is 1. The van der Waals surface area contributed by atoms with Gasteiger partial charge < -0.3 is 14.7 Å². The van der Waals surface area contributed by atoms with E-state index in [-0.39, 0.29) is 29.8 Å². The first kappa shape index (κ1) is 23.0. The molecule has 7 nitrogen and oxygen atoms in total. The largest absolute Gasteiger partial charge is 0.357 e. The van der Waals surface area contributed by atoms with Crippen molar-refractivity contribution in [2.75, 3.05) is 32.7 Å². The van der Waals surface area contributed by atoms with Crippen molar-refractivity contribution >= 4 is 45.9 Å². The number of piperazine rings is 1. The van der Waals surface area contributed by atoms with Gasteiger partial charge in [0.05, 0.1) is 4.47 Å². The van der Waals surface area contributed by atoms with Crippen LogP contribution in [0.25, 0.3) is 0 Å². The summed E-state index contributed by atoms with van der Waals surface area (Å²) in [6.45, 7) is 9.22. The number of nitrogens with zero attached hydrogens (tertiary/aromatic N) is 5. The van der Waals surface area contributed by atoms with E-state index in [9.17, 15) is 4.39 Å². The molecule has 1 aromatic heterocycles. The molecule has 0 bridgehead atoms. The number of rotatable bonds is 5. The molecule has 2 aromatic rings. The van der Waals surface area contributed by atoms with E-state index in [1.54, 1.807) is 19.1 Å². The SMILES string of the molecule is CCNC(=NCc1nc(C)no1)N1CCN(Cc2ccc(Br)c(F)c2)CC1.I. The number of halogens is 3. The molecule has 1 aliphatic rings. The zero-order valence-electron chi connectivity index (χ0n) is 16.0. The summed E-state index contributed by atoms with van der Waals surface area (Å²) in [5.41, 5.74) is 0.983. The number of benzene rings is 1. The fourth-order valence-corrected chi connectivity index (χ4v) is 3.23. The first-order valence-electron chi connectivity index (χ1n) is 9.04. The molecule has 154 valence electrons.